The molecule has 8 nitrogen and oxygen atoms in total. The van der Waals surface area contributed by atoms with Crippen molar-refractivity contribution in [2.24, 2.45) is 0 Å². The first-order valence-corrected chi connectivity index (χ1v) is 8.87. The smallest absolute Gasteiger partial charge is 0.258 e. The standard InChI is InChI=1S/C20H18N6O2/c1-3-26-11-15(16(27)14-10-9-12(2)21-18(14)26)17-22-20(25-24-17)23-19(28)13-7-5-4-6-8-13/h4-11H,3H2,1-2H3,(H2,22,23,24,25,28). The summed E-state index contributed by atoms with van der Waals surface area (Å²) >= 11 is 0. The highest BCUT2D eigenvalue weighted by Gasteiger charge is 2.16. The number of hydrogen-bond acceptors (Lipinski definition) is 5. The number of hydrogen-bond donors (Lipinski definition) is 2. The van der Waals surface area contributed by atoms with E-state index in [4.69, 9.17) is 0 Å². The van der Waals surface area contributed by atoms with Crippen molar-refractivity contribution in [3.8, 4) is 11.4 Å². The van der Waals surface area contributed by atoms with E-state index in [-0.39, 0.29) is 23.1 Å². The van der Waals surface area contributed by atoms with Crippen LogP contribution in [0.25, 0.3) is 22.4 Å². The van der Waals surface area contributed by atoms with E-state index in [1.54, 1.807) is 42.6 Å². The van der Waals surface area contributed by atoms with E-state index in [0.29, 0.717) is 28.7 Å². The summed E-state index contributed by atoms with van der Waals surface area (Å²) in [7, 11) is 0. The Hall–Kier alpha value is -3.81. The molecule has 0 atom stereocenters. The highest BCUT2D eigenvalue weighted by Crippen LogP contribution is 2.17. The van der Waals surface area contributed by atoms with Gasteiger partial charge >= 0.3 is 0 Å². The molecule has 0 fully saturated rings. The Morgan fingerprint density at radius 1 is 1.14 bits per heavy atom. The summed E-state index contributed by atoms with van der Waals surface area (Å²) in [5.74, 6) is 0.0711. The molecular weight excluding hydrogens is 356 g/mol. The largest absolute Gasteiger partial charge is 0.332 e. The zero-order chi connectivity index (χ0) is 19.7. The second-order valence-corrected chi connectivity index (χ2v) is 6.31. The number of aromatic nitrogens is 5. The van der Waals surface area contributed by atoms with Crippen LogP contribution in [0.15, 0.2) is 53.5 Å². The lowest BCUT2D eigenvalue weighted by Gasteiger charge is -2.10. The van der Waals surface area contributed by atoms with Crippen molar-refractivity contribution < 1.29 is 4.79 Å². The van der Waals surface area contributed by atoms with Gasteiger partial charge < -0.3 is 4.57 Å². The minimum atomic E-state index is -0.324. The monoisotopic (exact) mass is 374 g/mol. The van der Waals surface area contributed by atoms with Crippen LogP contribution in [0.3, 0.4) is 0 Å². The van der Waals surface area contributed by atoms with Gasteiger partial charge in [0.25, 0.3) is 5.91 Å². The molecule has 0 saturated heterocycles. The van der Waals surface area contributed by atoms with Gasteiger partial charge in [-0.05, 0) is 38.1 Å². The fourth-order valence-corrected chi connectivity index (χ4v) is 2.97. The van der Waals surface area contributed by atoms with Crippen molar-refractivity contribution in [2.75, 3.05) is 5.32 Å². The normalized spacial score (nSPS) is 10.9. The summed E-state index contributed by atoms with van der Waals surface area (Å²) in [6.45, 7) is 4.51. The first-order valence-electron chi connectivity index (χ1n) is 8.87. The summed E-state index contributed by atoms with van der Waals surface area (Å²) in [6.07, 6.45) is 1.71. The molecule has 0 radical (unpaired) electrons. The molecule has 4 aromatic rings. The summed E-state index contributed by atoms with van der Waals surface area (Å²) in [4.78, 5) is 33.9. The summed E-state index contributed by atoms with van der Waals surface area (Å²) in [5.41, 5.74) is 2.15. The molecule has 1 amide bonds. The van der Waals surface area contributed by atoms with Crippen LogP contribution >= 0.6 is 0 Å². The van der Waals surface area contributed by atoms with Crippen LogP contribution in [0.5, 0.6) is 0 Å². The third-order valence-corrected chi connectivity index (χ3v) is 4.40. The number of nitrogens with one attached hydrogen (secondary N) is 2. The molecule has 0 aliphatic carbocycles. The van der Waals surface area contributed by atoms with Gasteiger partial charge in [0.1, 0.15) is 5.65 Å². The molecule has 0 aliphatic rings. The van der Waals surface area contributed by atoms with Crippen molar-refractivity contribution in [1.29, 1.82) is 0 Å². The Morgan fingerprint density at radius 2 is 1.93 bits per heavy atom. The second-order valence-electron chi connectivity index (χ2n) is 6.31. The lowest BCUT2D eigenvalue weighted by Crippen LogP contribution is -2.14. The number of aryl methyl sites for hydroxylation is 2. The topological polar surface area (TPSA) is 106 Å². The van der Waals surface area contributed by atoms with E-state index in [1.807, 2.05) is 24.5 Å². The fraction of sp³-hybridized carbons (Fsp3) is 0.150. The highest BCUT2D eigenvalue weighted by atomic mass is 16.1. The van der Waals surface area contributed by atoms with E-state index in [1.165, 1.54) is 0 Å². The number of fused-ring (bicyclic) bond motifs is 1. The van der Waals surface area contributed by atoms with Gasteiger partial charge in [0.05, 0.1) is 10.9 Å². The maximum absolute atomic E-state index is 12.9. The molecule has 0 bridgehead atoms. The van der Waals surface area contributed by atoms with Gasteiger partial charge in [0.15, 0.2) is 5.82 Å². The number of rotatable bonds is 4. The molecule has 28 heavy (non-hydrogen) atoms. The molecule has 3 aromatic heterocycles. The molecule has 0 aliphatic heterocycles. The summed E-state index contributed by atoms with van der Waals surface area (Å²) in [5, 5.41) is 9.89. The lowest BCUT2D eigenvalue weighted by molar-refractivity contribution is 0.102. The minimum Gasteiger partial charge on any atom is -0.332 e. The van der Waals surface area contributed by atoms with Crippen LogP contribution in [-0.4, -0.2) is 30.6 Å². The van der Waals surface area contributed by atoms with Crippen molar-refractivity contribution in [1.82, 2.24) is 24.7 Å². The zero-order valence-corrected chi connectivity index (χ0v) is 15.4. The molecule has 2 N–H and O–H groups in total. The maximum atomic E-state index is 12.9. The number of benzene rings is 1. The van der Waals surface area contributed by atoms with E-state index in [9.17, 15) is 9.59 Å². The Bertz CT molecular complexity index is 1230. The molecule has 140 valence electrons. The third kappa shape index (κ3) is 3.16. The van der Waals surface area contributed by atoms with Crippen LogP contribution in [-0.2, 0) is 6.54 Å². The number of carbonyl (C=O) groups excluding carboxylic acids is 1. The van der Waals surface area contributed by atoms with Gasteiger partial charge in [-0.25, -0.2) is 4.98 Å². The number of amides is 1. The van der Waals surface area contributed by atoms with Gasteiger partial charge in [-0.1, -0.05) is 18.2 Å². The molecule has 4 rings (SSSR count). The molecular formula is C20H18N6O2. The lowest BCUT2D eigenvalue weighted by atomic mass is 10.1. The van der Waals surface area contributed by atoms with Crippen molar-refractivity contribution >= 4 is 22.9 Å². The maximum Gasteiger partial charge on any atom is 0.258 e. The predicted octanol–water partition coefficient (Wildman–Crippen LogP) is 2.76. The first kappa shape index (κ1) is 17.6. The number of pyridine rings is 2. The average Bonchev–Trinajstić information content (AvgIpc) is 3.17. The van der Waals surface area contributed by atoms with E-state index in [2.05, 4.69) is 25.5 Å². The third-order valence-electron chi connectivity index (χ3n) is 4.40. The molecule has 8 heteroatoms. The number of anilines is 1. The van der Waals surface area contributed by atoms with E-state index in [0.717, 1.165) is 5.69 Å². The number of carbonyl (C=O) groups is 1. The minimum absolute atomic E-state index is 0.105. The zero-order valence-electron chi connectivity index (χ0n) is 15.4. The van der Waals surface area contributed by atoms with E-state index < -0.39 is 0 Å². The van der Waals surface area contributed by atoms with Crippen LogP contribution in [0, 0.1) is 6.92 Å². The fourth-order valence-electron chi connectivity index (χ4n) is 2.97. The van der Waals surface area contributed by atoms with Gasteiger partial charge in [-0.15, -0.1) is 5.10 Å². The predicted molar refractivity (Wildman–Crippen MR) is 106 cm³/mol. The quantitative estimate of drug-likeness (QED) is 0.571. The Kier molecular flexibility index (Phi) is 4.44. The second kappa shape index (κ2) is 7.07. The molecule has 0 saturated carbocycles. The van der Waals surface area contributed by atoms with Gasteiger partial charge in [0.2, 0.25) is 11.4 Å². The van der Waals surface area contributed by atoms with Crippen molar-refractivity contribution in [3.05, 3.63) is 70.1 Å². The van der Waals surface area contributed by atoms with E-state index >= 15 is 0 Å². The van der Waals surface area contributed by atoms with Gasteiger partial charge in [-0.3, -0.25) is 20.0 Å². The van der Waals surface area contributed by atoms with Crippen molar-refractivity contribution in [3.63, 3.8) is 0 Å². The van der Waals surface area contributed by atoms with Crippen LogP contribution in [0.2, 0.25) is 0 Å². The first-order chi connectivity index (χ1) is 13.6. The summed E-state index contributed by atoms with van der Waals surface area (Å²) < 4.78 is 1.89. The molecule has 0 spiro atoms. The Balaban J connectivity index is 1.72. The summed E-state index contributed by atoms with van der Waals surface area (Å²) in [6, 6.07) is 12.3. The number of H-pyrrole nitrogens is 1. The number of aromatic amines is 1. The SMILES string of the molecule is CCn1cc(-c2nc(NC(=O)c3ccccc3)n[nH]2)c(=O)c2ccc(C)nc21. The van der Waals surface area contributed by atoms with Crippen LogP contribution in [0.1, 0.15) is 23.0 Å². The van der Waals surface area contributed by atoms with Crippen LogP contribution in [0.4, 0.5) is 5.95 Å². The number of nitrogens with zero attached hydrogens (tertiary/aromatic N) is 4. The van der Waals surface area contributed by atoms with Crippen LogP contribution < -0.4 is 10.7 Å². The Morgan fingerprint density at radius 3 is 2.68 bits per heavy atom. The average molecular weight is 374 g/mol. The molecule has 3 heterocycles. The van der Waals surface area contributed by atoms with Crippen molar-refractivity contribution in [2.45, 2.75) is 20.4 Å². The highest BCUT2D eigenvalue weighted by molar-refractivity contribution is 6.03. The molecule has 0 unspecified atom stereocenters. The molecule has 1 aromatic carbocycles. The Labute approximate surface area is 160 Å². The van der Waals surface area contributed by atoms with Gasteiger partial charge in [0, 0.05) is 24.0 Å². The van der Waals surface area contributed by atoms with Gasteiger partial charge in [-0.2, -0.15) is 4.98 Å².